The third-order valence-electron chi connectivity index (χ3n) is 3.78. The lowest BCUT2D eigenvalue weighted by Crippen LogP contribution is -2.31. The van der Waals surface area contributed by atoms with E-state index in [0.717, 1.165) is 13.0 Å². The van der Waals surface area contributed by atoms with Crippen LogP contribution in [0.3, 0.4) is 0 Å². The molecule has 20 heavy (non-hydrogen) atoms. The second-order valence-corrected chi connectivity index (χ2v) is 5.93. The zero-order valence-corrected chi connectivity index (χ0v) is 13.6. The van der Waals surface area contributed by atoms with Gasteiger partial charge in [-0.1, -0.05) is 84.0 Å². The molecular formula is C16H36BNO2. The predicted octanol–water partition coefficient (Wildman–Crippen LogP) is 3.68. The Kier molecular flexibility index (Phi) is 17.0. The molecule has 0 rings (SSSR count). The third-order valence-corrected chi connectivity index (χ3v) is 3.78. The van der Waals surface area contributed by atoms with Gasteiger partial charge in [-0.2, -0.15) is 0 Å². The second kappa shape index (κ2) is 17.0. The second-order valence-electron chi connectivity index (χ2n) is 5.93. The van der Waals surface area contributed by atoms with Gasteiger partial charge in [0.2, 0.25) is 0 Å². The van der Waals surface area contributed by atoms with E-state index < -0.39 is 7.12 Å². The van der Waals surface area contributed by atoms with E-state index in [-0.39, 0.29) is 6.44 Å². The van der Waals surface area contributed by atoms with Crippen LogP contribution in [0, 0.1) is 0 Å². The maximum Gasteiger partial charge on any atom is 0.466 e. The normalized spacial score (nSPS) is 10.9. The Bertz CT molecular complexity index is 180. The van der Waals surface area contributed by atoms with E-state index in [1.807, 2.05) is 0 Å². The highest BCUT2D eigenvalue weighted by molar-refractivity contribution is 6.41. The Morgan fingerprint density at radius 3 is 1.45 bits per heavy atom. The molecule has 0 bridgehead atoms. The average molecular weight is 285 g/mol. The van der Waals surface area contributed by atoms with Crippen molar-refractivity contribution in [1.82, 2.24) is 5.32 Å². The molecule has 3 N–H and O–H groups in total. The molecule has 0 amide bonds. The SMILES string of the molecule is CCCCCCCCCCCCCCCNCB(O)O. The van der Waals surface area contributed by atoms with Crippen molar-refractivity contribution in [3.63, 3.8) is 0 Å². The molecule has 0 aliphatic carbocycles. The van der Waals surface area contributed by atoms with E-state index in [4.69, 9.17) is 10.0 Å². The van der Waals surface area contributed by atoms with Crippen molar-refractivity contribution in [1.29, 1.82) is 0 Å². The topological polar surface area (TPSA) is 52.5 Å². The molecular weight excluding hydrogens is 249 g/mol. The lowest BCUT2D eigenvalue weighted by Gasteiger charge is -2.04. The van der Waals surface area contributed by atoms with E-state index in [0.29, 0.717) is 0 Å². The molecule has 0 atom stereocenters. The number of nitrogens with one attached hydrogen (secondary N) is 1. The van der Waals surface area contributed by atoms with Crippen LogP contribution in [0.5, 0.6) is 0 Å². The fraction of sp³-hybridized carbons (Fsp3) is 1.00. The molecule has 0 aromatic heterocycles. The summed E-state index contributed by atoms with van der Waals surface area (Å²) < 4.78 is 0. The predicted molar refractivity (Wildman–Crippen MR) is 88.8 cm³/mol. The number of hydrogen-bond donors (Lipinski definition) is 3. The highest BCUT2D eigenvalue weighted by Gasteiger charge is 2.03. The Hall–Kier alpha value is -0.0551. The standard InChI is InChI=1S/C16H36BNO2/c1-2-3-4-5-6-7-8-9-10-11-12-13-14-15-18-16-17(19)20/h18-20H,2-16H2,1H3. The Labute approximate surface area is 126 Å². The van der Waals surface area contributed by atoms with Crippen molar-refractivity contribution in [3.05, 3.63) is 0 Å². The smallest absolute Gasteiger partial charge is 0.426 e. The molecule has 0 radical (unpaired) electrons. The average Bonchev–Trinajstić information content (AvgIpc) is 2.43. The highest BCUT2D eigenvalue weighted by Crippen LogP contribution is 2.12. The van der Waals surface area contributed by atoms with Gasteiger partial charge in [-0.25, -0.2) is 0 Å². The van der Waals surface area contributed by atoms with Crippen molar-refractivity contribution >= 4 is 7.12 Å². The van der Waals surface area contributed by atoms with E-state index in [1.54, 1.807) is 0 Å². The van der Waals surface area contributed by atoms with Crippen molar-refractivity contribution < 1.29 is 10.0 Å². The molecule has 3 nitrogen and oxygen atoms in total. The lowest BCUT2D eigenvalue weighted by atomic mass is 9.92. The molecule has 0 aromatic carbocycles. The van der Waals surface area contributed by atoms with Gasteiger partial charge in [-0.15, -0.1) is 0 Å². The van der Waals surface area contributed by atoms with Gasteiger partial charge in [0.25, 0.3) is 0 Å². The Morgan fingerprint density at radius 1 is 0.650 bits per heavy atom. The molecule has 0 saturated carbocycles. The summed E-state index contributed by atoms with van der Waals surface area (Å²) in [4.78, 5) is 0. The van der Waals surface area contributed by atoms with Gasteiger partial charge in [0, 0.05) is 6.44 Å². The van der Waals surface area contributed by atoms with E-state index >= 15 is 0 Å². The van der Waals surface area contributed by atoms with Gasteiger partial charge in [-0.05, 0) is 13.0 Å². The number of unbranched alkanes of at least 4 members (excludes halogenated alkanes) is 12. The zero-order valence-electron chi connectivity index (χ0n) is 13.6. The fourth-order valence-electron chi connectivity index (χ4n) is 2.50. The first kappa shape index (κ1) is 19.9. The highest BCUT2D eigenvalue weighted by atomic mass is 16.4. The molecule has 0 saturated heterocycles. The van der Waals surface area contributed by atoms with Crippen molar-refractivity contribution in [3.8, 4) is 0 Å². The molecule has 0 fully saturated rings. The molecule has 0 aromatic rings. The number of hydrogen-bond acceptors (Lipinski definition) is 3. The third kappa shape index (κ3) is 17.9. The molecule has 4 heteroatoms. The summed E-state index contributed by atoms with van der Waals surface area (Å²) in [7, 11) is -1.21. The van der Waals surface area contributed by atoms with Crippen LogP contribution in [0.25, 0.3) is 0 Å². The monoisotopic (exact) mass is 285 g/mol. The van der Waals surface area contributed by atoms with Gasteiger partial charge in [0.15, 0.2) is 0 Å². The summed E-state index contributed by atoms with van der Waals surface area (Å²) in [5.74, 6) is 0. The van der Waals surface area contributed by atoms with E-state index in [2.05, 4.69) is 12.2 Å². The lowest BCUT2D eigenvalue weighted by molar-refractivity contribution is 0.398. The first-order valence-corrected chi connectivity index (χ1v) is 8.84. The largest absolute Gasteiger partial charge is 0.466 e. The summed E-state index contributed by atoms with van der Waals surface area (Å²) in [5, 5.41) is 20.3. The summed E-state index contributed by atoms with van der Waals surface area (Å²) in [6.45, 7) is 3.17. The summed E-state index contributed by atoms with van der Waals surface area (Å²) in [5.41, 5.74) is 0. The molecule has 0 aliphatic rings. The first-order chi connectivity index (χ1) is 9.77. The van der Waals surface area contributed by atoms with Crippen LogP contribution in [0.15, 0.2) is 0 Å². The maximum absolute atomic E-state index is 8.65. The van der Waals surface area contributed by atoms with Gasteiger partial charge in [0.1, 0.15) is 0 Å². The molecule has 120 valence electrons. The minimum atomic E-state index is -1.21. The van der Waals surface area contributed by atoms with Crippen LogP contribution < -0.4 is 5.32 Å². The van der Waals surface area contributed by atoms with Crippen molar-refractivity contribution in [2.45, 2.75) is 90.4 Å². The fourth-order valence-corrected chi connectivity index (χ4v) is 2.50. The van der Waals surface area contributed by atoms with Crippen LogP contribution in [-0.4, -0.2) is 30.2 Å². The minimum Gasteiger partial charge on any atom is -0.426 e. The minimum absolute atomic E-state index is 0.290. The van der Waals surface area contributed by atoms with Crippen molar-refractivity contribution in [2.75, 3.05) is 13.0 Å². The van der Waals surface area contributed by atoms with E-state index in [1.165, 1.54) is 77.0 Å². The van der Waals surface area contributed by atoms with Crippen LogP contribution in [-0.2, 0) is 0 Å². The maximum atomic E-state index is 8.65. The number of rotatable bonds is 16. The molecule has 0 aliphatic heterocycles. The van der Waals surface area contributed by atoms with Crippen molar-refractivity contribution in [2.24, 2.45) is 0 Å². The first-order valence-electron chi connectivity index (χ1n) is 8.84. The zero-order chi connectivity index (χ0) is 14.9. The van der Waals surface area contributed by atoms with Gasteiger partial charge < -0.3 is 15.4 Å². The molecule has 0 heterocycles. The van der Waals surface area contributed by atoms with Gasteiger partial charge in [0.05, 0.1) is 0 Å². The molecule has 0 spiro atoms. The Balaban J connectivity index is 2.92. The quantitative estimate of drug-likeness (QED) is 0.299. The Morgan fingerprint density at radius 2 is 1.05 bits per heavy atom. The van der Waals surface area contributed by atoms with Crippen LogP contribution in [0.1, 0.15) is 90.4 Å². The summed E-state index contributed by atoms with van der Waals surface area (Å²) >= 11 is 0. The van der Waals surface area contributed by atoms with Crippen LogP contribution >= 0.6 is 0 Å². The van der Waals surface area contributed by atoms with Crippen LogP contribution in [0.2, 0.25) is 0 Å². The van der Waals surface area contributed by atoms with Crippen LogP contribution in [0.4, 0.5) is 0 Å². The van der Waals surface area contributed by atoms with E-state index in [9.17, 15) is 0 Å². The summed E-state index contributed by atoms with van der Waals surface area (Å²) in [6.07, 6.45) is 18.1. The summed E-state index contributed by atoms with van der Waals surface area (Å²) in [6, 6.07) is 0. The molecule has 0 unspecified atom stereocenters. The van der Waals surface area contributed by atoms with Gasteiger partial charge >= 0.3 is 7.12 Å². The van der Waals surface area contributed by atoms with Gasteiger partial charge in [-0.3, -0.25) is 0 Å².